The van der Waals surface area contributed by atoms with E-state index in [4.69, 9.17) is 17.2 Å². The molecule has 0 radical (unpaired) electrons. The van der Waals surface area contributed by atoms with Crippen molar-refractivity contribution in [3.8, 4) is 0 Å². The quantitative estimate of drug-likeness (QED) is 0.433. The van der Waals surface area contributed by atoms with Gasteiger partial charge in [0.1, 0.15) is 0 Å². The van der Waals surface area contributed by atoms with Crippen molar-refractivity contribution in [2.75, 3.05) is 19.6 Å². The topological polar surface area (TPSA) is 78.1 Å². The zero-order valence-corrected chi connectivity index (χ0v) is 14.8. The zero-order chi connectivity index (χ0) is 12.4. The molecule has 0 aliphatic heterocycles. The van der Waals surface area contributed by atoms with Crippen LogP contribution in [0.15, 0.2) is 0 Å². The number of halogens is 2. The smallest absolute Gasteiger partial charge is 1.00 e. The fourth-order valence-electron chi connectivity index (χ4n) is 0.612. The van der Waals surface area contributed by atoms with Gasteiger partial charge in [-0.25, -0.2) is 0 Å². The van der Waals surface area contributed by atoms with Gasteiger partial charge in [0.15, 0.2) is 0 Å². The van der Waals surface area contributed by atoms with E-state index in [0.29, 0.717) is 0 Å². The monoisotopic (exact) mass is 345 g/mol. The molecule has 118 valence electrons. The Morgan fingerprint density at radius 2 is 0.722 bits per heavy atom. The van der Waals surface area contributed by atoms with Gasteiger partial charge < -0.3 is 42.0 Å². The molecule has 6 N–H and O–H groups in total. The fraction of sp³-hybridized carbons (Fsp3) is 1.00. The van der Waals surface area contributed by atoms with Crippen LogP contribution in [-0.2, 0) is 17.1 Å². The van der Waals surface area contributed by atoms with Crippen molar-refractivity contribution in [2.24, 2.45) is 17.2 Å². The summed E-state index contributed by atoms with van der Waals surface area (Å²) in [6, 6.07) is 0. The van der Waals surface area contributed by atoms with E-state index >= 15 is 0 Å². The number of rotatable bonds is 6. The molecule has 0 aromatic heterocycles. The van der Waals surface area contributed by atoms with E-state index < -0.39 is 0 Å². The summed E-state index contributed by atoms with van der Waals surface area (Å²) in [5.74, 6) is 0. The third kappa shape index (κ3) is 89.0. The molecule has 0 saturated heterocycles. The van der Waals surface area contributed by atoms with Crippen molar-refractivity contribution in [1.82, 2.24) is 0 Å². The van der Waals surface area contributed by atoms with Crippen LogP contribution in [0.1, 0.15) is 59.3 Å². The van der Waals surface area contributed by atoms with Crippen LogP contribution in [0.5, 0.6) is 0 Å². The Kier molecular flexibility index (Phi) is 105. The van der Waals surface area contributed by atoms with Gasteiger partial charge in [0.25, 0.3) is 0 Å². The third-order valence-corrected chi connectivity index (χ3v) is 1.67. The second-order valence-corrected chi connectivity index (χ2v) is 3.43. The van der Waals surface area contributed by atoms with Gasteiger partial charge in [-0.1, -0.05) is 40.0 Å². The number of unbranched alkanes of at least 4 members (excludes halogenated alkanes) is 3. The Labute approximate surface area is 138 Å². The van der Waals surface area contributed by atoms with Gasteiger partial charge in [-0.2, -0.15) is 0 Å². The van der Waals surface area contributed by atoms with Crippen molar-refractivity contribution in [3.05, 3.63) is 0 Å². The van der Waals surface area contributed by atoms with E-state index in [1.165, 1.54) is 38.5 Å². The van der Waals surface area contributed by atoms with E-state index in [-0.39, 0.29) is 41.9 Å². The van der Waals surface area contributed by atoms with Crippen LogP contribution in [-0.4, -0.2) is 19.6 Å². The van der Waals surface area contributed by atoms with Crippen molar-refractivity contribution < 1.29 is 41.9 Å². The van der Waals surface area contributed by atoms with Crippen LogP contribution in [0.3, 0.4) is 0 Å². The summed E-state index contributed by atoms with van der Waals surface area (Å²) in [6.45, 7) is 8.93. The molecule has 0 bridgehead atoms. The summed E-state index contributed by atoms with van der Waals surface area (Å²) in [6.07, 6.45) is 7.16. The Morgan fingerprint density at radius 3 is 0.722 bits per heavy atom. The van der Waals surface area contributed by atoms with Gasteiger partial charge in [0.05, 0.1) is 0 Å². The van der Waals surface area contributed by atoms with Gasteiger partial charge in [-0.15, -0.1) is 0 Å². The average Bonchev–Trinajstić information content (AvgIpc) is 2.23. The van der Waals surface area contributed by atoms with Crippen LogP contribution in [0.4, 0.5) is 0 Å². The van der Waals surface area contributed by atoms with Crippen LogP contribution in [0, 0.1) is 0 Å². The van der Waals surface area contributed by atoms with Crippen LogP contribution in [0.2, 0.25) is 0 Å². The predicted octanol–water partition coefficient (Wildman–Crippen LogP) is -3.76. The maximum absolute atomic E-state index is 5.14. The molecule has 0 amide bonds. The molecule has 0 rings (SSSR count). The first kappa shape index (κ1) is 36.4. The van der Waals surface area contributed by atoms with E-state index in [1.54, 1.807) is 0 Å². The molecule has 3 nitrogen and oxygen atoms in total. The predicted molar refractivity (Wildman–Crippen MR) is 71.9 cm³/mol. The molecular formula is C12H33Cl2FeN3. The van der Waals surface area contributed by atoms with Gasteiger partial charge >= 0.3 is 17.1 Å². The molecule has 0 atom stereocenters. The van der Waals surface area contributed by atoms with Crippen LogP contribution >= 0.6 is 0 Å². The molecular weight excluding hydrogens is 313 g/mol. The molecule has 6 heteroatoms. The molecule has 0 heterocycles. The first-order valence-corrected chi connectivity index (χ1v) is 6.35. The summed E-state index contributed by atoms with van der Waals surface area (Å²) in [4.78, 5) is 0. The van der Waals surface area contributed by atoms with Crippen molar-refractivity contribution >= 4 is 0 Å². The molecule has 0 fully saturated rings. The normalized spacial score (nSPS) is 7.00. The third-order valence-electron chi connectivity index (χ3n) is 1.67. The molecule has 0 aromatic carbocycles. The van der Waals surface area contributed by atoms with Crippen molar-refractivity contribution in [1.29, 1.82) is 0 Å². The Morgan fingerprint density at radius 1 is 0.556 bits per heavy atom. The van der Waals surface area contributed by atoms with Gasteiger partial charge in [0, 0.05) is 0 Å². The minimum Gasteiger partial charge on any atom is -1.00 e. The van der Waals surface area contributed by atoms with Gasteiger partial charge in [-0.05, 0) is 38.9 Å². The number of nitrogens with two attached hydrogens (primary N) is 3. The molecule has 0 aromatic rings. The molecule has 0 saturated carbocycles. The summed E-state index contributed by atoms with van der Waals surface area (Å²) >= 11 is 0. The maximum atomic E-state index is 5.14. The van der Waals surface area contributed by atoms with Crippen LogP contribution < -0.4 is 42.0 Å². The summed E-state index contributed by atoms with van der Waals surface area (Å²) in [5.41, 5.74) is 15.4. The Balaban J connectivity index is -0.0000000277. The standard InChI is InChI=1S/3C4H11N.2ClH.Fe/c3*1-2-3-4-5;;;/h3*2-5H2,1H3;2*1H;/q;;;;;+2/p-2. The minimum atomic E-state index is 0. The first-order chi connectivity index (χ1) is 7.24. The second-order valence-electron chi connectivity index (χ2n) is 3.43. The SMILES string of the molecule is CCCCN.CCCCN.CCCCN.[Cl-].[Cl-].[Fe+2]. The van der Waals surface area contributed by atoms with Crippen LogP contribution in [0.25, 0.3) is 0 Å². The Bertz CT molecular complexity index is 62.1. The number of hydrogen-bond donors (Lipinski definition) is 3. The molecule has 0 spiro atoms. The molecule has 18 heavy (non-hydrogen) atoms. The fourth-order valence-corrected chi connectivity index (χ4v) is 0.612. The van der Waals surface area contributed by atoms with E-state index in [0.717, 1.165) is 19.6 Å². The molecule has 0 aliphatic carbocycles. The van der Waals surface area contributed by atoms with Crippen molar-refractivity contribution in [3.63, 3.8) is 0 Å². The van der Waals surface area contributed by atoms with E-state index in [9.17, 15) is 0 Å². The maximum Gasteiger partial charge on any atom is 2.00 e. The largest absolute Gasteiger partial charge is 2.00 e. The van der Waals surface area contributed by atoms with Gasteiger partial charge in [0.2, 0.25) is 0 Å². The minimum absolute atomic E-state index is 0. The summed E-state index contributed by atoms with van der Waals surface area (Å²) < 4.78 is 0. The van der Waals surface area contributed by atoms with Gasteiger partial charge in [-0.3, -0.25) is 0 Å². The van der Waals surface area contributed by atoms with E-state index in [2.05, 4.69) is 20.8 Å². The second kappa shape index (κ2) is 52.0. The van der Waals surface area contributed by atoms with E-state index in [1.807, 2.05) is 0 Å². The molecule has 0 unspecified atom stereocenters. The summed E-state index contributed by atoms with van der Waals surface area (Å²) in [5, 5.41) is 0. The van der Waals surface area contributed by atoms with Crippen molar-refractivity contribution in [2.45, 2.75) is 59.3 Å². The molecule has 0 aliphatic rings. The zero-order valence-electron chi connectivity index (χ0n) is 12.2. The summed E-state index contributed by atoms with van der Waals surface area (Å²) in [7, 11) is 0. The average molecular weight is 346 g/mol. The first-order valence-electron chi connectivity index (χ1n) is 6.35. The Hall–Kier alpha value is 0.979. The number of hydrogen-bond acceptors (Lipinski definition) is 3.